The van der Waals surface area contributed by atoms with Gasteiger partial charge in [0.1, 0.15) is 5.58 Å². The Balaban J connectivity index is 1.03. The molecule has 1 heterocycles. The van der Waals surface area contributed by atoms with Crippen LogP contribution in [0.4, 0.5) is 34.1 Å². The van der Waals surface area contributed by atoms with Crippen molar-refractivity contribution in [2.24, 2.45) is 0 Å². The minimum absolute atomic E-state index is 0.645. The Morgan fingerprint density at radius 3 is 1.54 bits per heavy atom. The highest BCUT2D eigenvalue weighted by Crippen LogP contribution is 2.64. The summed E-state index contributed by atoms with van der Waals surface area (Å²) in [6.07, 6.45) is 0. The number of fused-ring (bicyclic) bond motifs is 15. The van der Waals surface area contributed by atoms with Gasteiger partial charge in [-0.15, -0.1) is 0 Å². The topological polar surface area (TPSA) is 19.6 Å². The molecule has 1 atom stereocenters. The third-order valence-electron chi connectivity index (χ3n) is 15.4. The minimum Gasteiger partial charge on any atom is -0.454 e. The van der Waals surface area contributed by atoms with Gasteiger partial charge >= 0.3 is 0 Å². The second-order valence-corrected chi connectivity index (χ2v) is 19.1. The molecule has 1 aromatic heterocycles. The fourth-order valence-electron chi connectivity index (χ4n) is 12.4. The first-order chi connectivity index (χ1) is 35.7. The van der Waals surface area contributed by atoms with Crippen LogP contribution < -0.4 is 9.80 Å². The maximum Gasteiger partial charge on any atom is 0.159 e. The maximum absolute atomic E-state index is 6.98. The van der Waals surface area contributed by atoms with Gasteiger partial charge in [0.15, 0.2) is 5.58 Å². The third-order valence-corrected chi connectivity index (χ3v) is 15.4. The van der Waals surface area contributed by atoms with Crippen LogP contribution in [0, 0.1) is 0 Å². The molecule has 15 rings (SSSR count). The van der Waals surface area contributed by atoms with Crippen LogP contribution in [0.3, 0.4) is 0 Å². The highest BCUT2D eigenvalue weighted by Gasteiger charge is 2.52. The molecule has 12 aromatic carbocycles. The molecule has 3 nitrogen and oxygen atoms in total. The predicted molar refractivity (Wildman–Crippen MR) is 300 cm³/mol. The molecule has 2 aliphatic carbocycles. The number of hydrogen-bond acceptors (Lipinski definition) is 3. The zero-order valence-electron chi connectivity index (χ0n) is 39.2. The van der Waals surface area contributed by atoms with Gasteiger partial charge in [-0.25, -0.2) is 0 Å². The number of anilines is 6. The molecule has 0 N–H and O–H groups in total. The van der Waals surface area contributed by atoms with Gasteiger partial charge in [0, 0.05) is 44.5 Å². The summed E-state index contributed by atoms with van der Waals surface area (Å²) < 4.78 is 6.98. The minimum atomic E-state index is -0.645. The van der Waals surface area contributed by atoms with E-state index in [1.165, 1.54) is 60.7 Å². The van der Waals surface area contributed by atoms with E-state index in [0.29, 0.717) is 0 Å². The molecule has 336 valence electrons. The van der Waals surface area contributed by atoms with Crippen molar-refractivity contribution in [1.29, 1.82) is 0 Å². The maximum atomic E-state index is 6.98. The monoisotopic (exact) mass is 916 g/mol. The Bertz CT molecular complexity index is 4290. The van der Waals surface area contributed by atoms with Crippen molar-refractivity contribution in [1.82, 2.24) is 0 Å². The van der Waals surface area contributed by atoms with Crippen molar-refractivity contribution in [2.45, 2.75) is 5.41 Å². The molecule has 0 aliphatic heterocycles. The summed E-state index contributed by atoms with van der Waals surface area (Å²) in [5.74, 6) is 0. The second-order valence-electron chi connectivity index (χ2n) is 19.1. The molecular weight excluding hydrogens is 873 g/mol. The Hall–Kier alpha value is -9.44. The molecule has 72 heavy (non-hydrogen) atoms. The molecule has 0 radical (unpaired) electrons. The zero-order valence-corrected chi connectivity index (χ0v) is 39.2. The van der Waals surface area contributed by atoms with Crippen molar-refractivity contribution in [2.75, 3.05) is 9.80 Å². The summed E-state index contributed by atoms with van der Waals surface area (Å²) in [6, 6.07) is 98.0. The number of nitrogens with zero attached hydrogens (tertiary/aromatic N) is 2. The molecule has 1 unspecified atom stereocenters. The predicted octanol–water partition coefficient (Wildman–Crippen LogP) is 18.8. The largest absolute Gasteiger partial charge is 0.454 e. The molecule has 0 fully saturated rings. The molecule has 0 saturated carbocycles. The van der Waals surface area contributed by atoms with E-state index in [1.54, 1.807) is 0 Å². The SMILES string of the molecule is c1ccc(-c2ccc3ccccc3c2N(c2ccc3c(c2)C2(c4ccccc4-c4ccc(N(c5ccccc5)c5ccc6ccccc6c5)cc42)c2ccccc2-3)c2cccc3c2oc2ccccc23)cc1. The average molecular weight is 917 g/mol. The number of rotatable bonds is 7. The summed E-state index contributed by atoms with van der Waals surface area (Å²) in [5, 5.41) is 6.93. The first kappa shape index (κ1) is 40.4. The van der Waals surface area contributed by atoms with Crippen LogP contribution in [-0.4, -0.2) is 0 Å². The van der Waals surface area contributed by atoms with E-state index >= 15 is 0 Å². The average Bonchev–Trinajstić information content (AvgIpc) is 4.08. The van der Waals surface area contributed by atoms with Crippen LogP contribution in [-0.2, 0) is 5.41 Å². The third kappa shape index (κ3) is 5.85. The lowest BCUT2D eigenvalue weighted by Crippen LogP contribution is -2.26. The van der Waals surface area contributed by atoms with Gasteiger partial charge in [-0.2, -0.15) is 0 Å². The number of benzene rings is 12. The van der Waals surface area contributed by atoms with Crippen molar-refractivity contribution in [3.05, 3.63) is 289 Å². The Labute approximate surface area is 417 Å². The van der Waals surface area contributed by atoms with Gasteiger partial charge < -0.3 is 14.2 Å². The normalized spacial score (nSPS) is 14.2. The highest BCUT2D eigenvalue weighted by atomic mass is 16.3. The molecule has 0 amide bonds. The summed E-state index contributed by atoms with van der Waals surface area (Å²) >= 11 is 0. The fraction of sp³-hybridized carbons (Fsp3) is 0.0145. The number of hydrogen-bond donors (Lipinski definition) is 0. The Morgan fingerprint density at radius 1 is 0.292 bits per heavy atom. The van der Waals surface area contributed by atoms with E-state index in [4.69, 9.17) is 4.42 Å². The molecule has 13 aromatic rings. The lowest BCUT2D eigenvalue weighted by Gasteiger charge is -2.34. The van der Waals surface area contributed by atoms with Crippen LogP contribution in [0.1, 0.15) is 22.3 Å². The van der Waals surface area contributed by atoms with Crippen molar-refractivity contribution < 1.29 is 4.42 Å². The van der Waals surface area contributed by atoms with E-state index in [0.717, 1.165) is 72.6 Å². The van der Waals surface area contributed by atoms with Crippen molar-refractivity contribution in [3.63, 3.8) is 0 Å². The molecule has 0 bridgehead atoms. The van der Waals surface area contributed by atoms with Crippen LogP contribution in [0.5, 0.6) is 0 Å². The van der Waals surface area contributed by atoms with E-state index in [9.17, 15) is 0 Å². The van der Waals surface area contributed by atoms with Gasteiger partial charge in [0.25, 0.3) is 0 Å². The second kappa shape index (κ2) is 15.8. The first-order valence-electron chi connectivity index (χ1n) is 24.8. The van der Waals surface area contributed by atoms with Crippen LogP contribution in [0.15, 0.2) is 271 Å². The van der Waals surface area contributed by atoms with Gasteiger partial charge in [0.2, 0.25) is 0 Å². The van der Waals surface area contributed by atoms with Gasteiger partial charge in [-0.3, -0.25) is 0 Å². The summed E-state index contributed by atoms with van der Waals surface area (Å²) in [6.45, 7) is 0. The number of furan rings is 1. The van der Waals surface area contributed by atoms with Crippen LogP contribution >= 0.6 is 0 Å². The van der Waals surface area contributed by atoms with Gasteiger partial charge in [0.05, 0.1) is 16.8 Å². The zero-order chi connectivity index (χ0) is 47.3. The van der Waals surface area contributed by atoms with Crippen LogP contribution in [0.25, 0.3) is 76.9 Å². The van der Waals surface area contributed by atoms with E-state index < -0.39 is 5.41 Å². The molecule has 0 saturated heterocycles. The Kier molecular flexibility index (Phi) is 8.87. The van der Waals surface area contributed by atoms with E-state index in [1.807, 2.05) is 0 Å². The smallest absolute Gasteiger partial charge is 0.159 e. The summed E-state index contributed by atoms with van der Waals surface area (Å²) in [7, 11) is 0. The molecular formula is C69H44N2O. The molecule has 2 aliphatic rings. The standard InChI is InChI=1S/C69H44N2O/c1-3-19-46(20-4-1)54-39-35-47-21-9-10-25-53(47)67(54)71(65-32-17-29-60-59-28-13-16-33-66(59)72-68(60)65)52-38-41-58-56-27-12-15-31-62(56)69(64(58)44-52)61-30-14-11-26-55(61)57-40-37-51(43-63(57)69)70(49-23-5-2-6-24-49)50-36-34-45-18-7-8-22-48(45)42-50/h1-44H. The van der Waals surface area contributed by atoms with Gasteiger partial charge in [-0.1, -0.05) is 206 Å². The molecule has 1 spiro atoms. The van der Waals surface area contributed by atoms with Crippen LogP contribution in [0.2, 0.25) is 0 Å². The summed E-state index contributed by atoms with van der Waals surface area (Å²) in [5.41, 5.74) is 19.9. The fourth-order valence-corrected chi connectivity index (χ4v) is 12.4. The number of para-hydroxylation sites is 3. The van der Waals surface area contributed by atoms with Crippen molar-refractivity contribution in [3.8, 4) is 33.4 Å². The molecule has 3 heteroatoms. The first-order valence-corrected chi connectivity index (χ1v) is 24.8. The quantitative estimate of drug-likeness (QED) is 0.159. The summed E-state index contributed by atoms with van der Waals surface area (Å²) in [4.78, 5) is 4.91. The van der Waals surface area contributed by atoms with E-state index in [-0.39, 0.29) is 0 Å². The lowest BCUT2D eigenvalue weighted by molar-refractivity contribution is 0.669. The van der Waals surface area contributed by atoms with E-state index in [2.05, 4.69) is 277 Å². The Morgan fingerprint density at radius 2 is 0.806 bits per heavy atom. The highest BCUT2D eigenvalue weighted by molar-refractivity contribution is 6.14. The van der Waals surface area contributed by atoms with Gasteiger partial charge in [-0.05, 0) is 127 Å². The lowest BCUT2D eigenvalue weighted by atomic mass is 9.70. The van der Waals surface area contributed by atoms with Crippen molar-refractivity contribution >= 4 is 77.6 Å².